The minimum Gasteiger partial charge on any atom is -0.338 e. The Morgan fingerprint density at radius 3 is 2.30 bits per heavy atom. The van der Waals surface area contributed by atoms with E-state index in [1.54, 1.807) is 0 Å². The van der Waals surface area contributed by atoms with Gasteiger partial charge in [-0.15, -0.1) is 0 Å². The zero-order chi connectivity index (χ0) is 19.6. The topological polar surface area (TPSA) is 53.6 Å². The first-order chi connectivity index (χ1) is 14.3. The molecule has 0 aliphatic carbocycles. The second-order valence-electron chi connectivity index (χ2n) is 6.71. The number of para-hydroxylation sites is 1. The second kappa shape index (κ2) is 8.76. The molecular weight excluding hydrogens is 431 g/mol. The SMILES string of the molecule is Clc1ccccc1-c1cc(Nc2n[nH]c3ccccc23)cc(-c2ccccc2)n1.[V]. The van der Waals surface area contributed by atoms with Gasteiger partial charge in [0.05, 0.1) is 16.9 Å². The van der Waals surface area contributed by atoms with Crippen LogP contribution in [0.3, 0.4) is 0 Å². The molecule has 5 aromatic rings. The predicted molar refractivity (Wildman–Crippen MR) is 119 cm³/mol. The van der Waals surface area contributed by atoms with Crippen LogP contribution in [-0.2, 0) is 18.6 Å². The Labute approximate surface area is 191 Å². The molecule has 30 heavy (non-hydrogen) atoms. The van der Waals surface area contributed by atoms with Crippen molar-refractivity contribution in [3.8, 4) is 22.5 Å². The summed E-state index contributed by atoms with van der Waals surface area (Å²) in [6.45, 7) is 0. The average Bonchev–Trinajstić information content (AvgIpc) is 3.17. The molecule has 2 heterocycles. The Morgan fingerprint density at radius 2 is 1.47 bits per heavy atom. The van der Waals surface area contributed by atoms with Gasteiger partial charge in [0.15, 0.2) is 5.82 Å². The number of aromatic amines is 1. The summed E-state index contributed by atoms with van der Waals surface area (Å²) in [4.78, 5) is 4.87. The fourth-order valence-electron chi connectivity index (χ4n) is 3.36. The van der Waals surface area contributed by atoms with Gasteiger partial charge in [-0.3, -0.25) is 5.10 Å². The zero-order valence-electron chi connectivity index (χ0n) is 15.9. The van der Waals surface area contributed by atoms with Gasteiger partial charge >= 0.3 is 0 Å². The molecule has 0 bridgehead atoms. The molecule has 0 aliphatic heterocycles. The molecule has 5 rings (SSSR count). The van der Waals surface area contributed by atoms with Gasteiger partial charge in [-0.1, -0.05) is 72.3 Å². The Bertz CT molecular complexity index is 1300. The largest absolute Gasteiger partial charge is 0.338 e. The summed E-state index contributed by atoms with van der Waals surface area (Å²) in [6.07, 6.45) is 0. The minimum absolute atomic E-state index is 0. The summed E-state index contributed by atoms with van der Waals surface area (Å²) >= 11 is 6.45. The molecule has 0 fully saturated rings. The van der Waals surface area contributed by atoms with E-state index in [1.807, 2.05) is 91.0 Å². The maximum atomic E-state index is 6.45. The van der Waals surface area contributed by atoms with Crippen LogP contribution >= 0.6 is 11.6 Å². The van der Waals surface area contributed by atoms with E-state index in [-0.39, 0.29) is 18.6 Å². The van der Waals surface area contributed by atoms with Gasteiger partial charge in [0, 0.05) is 45.8 Å². The van der Waals surface area contributed by atoms with Crippen molar-refractivity contribution >= 4 is 34.0 Å². The van der Waals surface area contributed by atoms with Crippen LogP contribution < -0.4 is 5.32 Å². The summed E-state index contributed by atoms with van der Waals surface area (Å²) in [6, 6.07) is 29.9. The van der Waals surface area contributed by atoms with Crippen molar-refractivity contribution in [3.63, 3.8) is 0 Å². The third-order valence-electron chi connectivity index (χ3n) is 4.78. The van der Waals surface area contributed by atoms with Gasteiger partial charge in [0.1, 0.15) is 0 Å². The van der Waals surface area contributed by atoms with Crippen molar-refractivity contribution in [1.82, 2.24) is 15.2 Å². The molecule has 4 nitrogen and oxygen atoms in total. The number of pyridine rings is 1. The fraction of sp³-hybridized carbons (Fsp3) is 0. The molecule has 2 aromatic heterocycles. The normalized spacial score (nSPS) is 10.6. The van der Waals surface area contributed by atoms with Crippen molar-refractivity contribution in [2.24, 2.45) is 0 Å². The first-order valence-electron chi connectivity index (χ1n) is 9.30. The van der Waals surface area contributed by atoms with Crippen molar-refractivity contribution in [2.45, 2.75) is 0 Å². The third kappa shape index (κ3) is 3.98. The summed E-state index contributed by atoms with van der Waals surface area (Å²) in [5, 5.41) is 12.6. The van der Waals surface area contributed by atoms with E-state index in [1.165, 1.54) is 0 Å². The summed E-state index contributed by atoms with van der Waals surface area (Å²) in [7, 11) is 0. The van der Waals surface area contributed by atoms with E-state index in [9.17, 15) is 0 Å². The minimum atomic E-state index is 0. The van der Waals surface area contributed by atoms with Gasteiger partial charge in [0.2, 0.25) is 0 Å². The van der Waals surface area contributed by atoms with Gasteiger partial charge < -0.3 is 5.32 Å². The number of aromatic nitrogens is 3. The van der Waals surface area contributed by atoms with Gasteiger partial charge in [-0.2, -0.15) is 5.10 Å². The van der Waals surface area contributed by atoms with Crippen LogP contribution in [0.2, 0.25) is 5.02 Å². The third-order valence-corrected chi connectivity index (χ3v) is 5.11. The maximum absolute atomic E-state index is 6.45. The predicted octanol–water partition coefficient (Wildman–Crippen LogP) is 6.69. The molecule has 0 amide bonds. The monoisotopic (exact) mass is 447 g/mol. The van der Waals surface area contributed by atoms with Gasteiger partial charge in [-0.05, 0) is 30.3 Å². The van der Waals surface area contributed by atoms with E-state index < -0.39 is 0 Å². The van der Waals surface area contributed by atoms with Crippen LogP contribution in [-0.4, -0.2) is 15.2 Å². The van der Waals surface area contributed by atoms with E-state index in [0.717, 1.165) is 44.9 Å². The van der Waals surface area contributed by atoms with E-state index in [2.05, 4.69) is 15.5 Å². The summed E-state index contributed by atoms with van der Waals surface area (Å²) < 4.78 is 0. The average molecular weight is 448 g/mol. The molecule has 6 heteroatoms. The number of nitrogens with zero attached hydrogens (tertiary/aromatic N) is 2. The van der Waals surface area contributed by atoms with Crippen LogP contribution in [0.4, 0.5) is 11.5 Å². The molecule has 0 spiro atoms. The Morgan fingerprint density at radius 1 is 0.767 bits per heavy atom. The number of rotatable bonds is 4. The van der Waals surface area contributed by atoms with Crippen LogP contribution in [0.5, 0.6) is 0 Å². The Kier molecular flexibility index (Phi) is 5.91. The summed E-state index contributed by atoms with van der Waals surface area (Å²) in [5.41, 5.74) is 5.48. The second-order valence-corrected chi connectivity index (χ2v) is 7.12. The van der Waals surface area contributed by atoms with Crippen molar-refractivity contribution < 1.29 is 18.6 Å². The van der Waals surface area contributed by atoms with Crippen molar-refractivity contribution in [3.05, 3.63) is 96.0 Å². The van der Waals surface area contributed by atoms with Crippen molar-refractivity contribution in [2.75, 3.05) is 5.32 Å². The number of hydrogen-bond acceptors (Lipinski definition) is 3. The first kappa shape index (κ1) is 20.2. The number of hydrogen-bond donors (Lipinski definition) is 2. The molecular formula is C24H17ClN4V. The number of nitrogens with one attached hydrogen (secondary N) is 2. The van der Waals surface area contributed by atoms with E-state index >= 15 is 0 Å². The number of fused-ring (bicyclic) bond motifs is 1. The van der Waals surface area contributed by atoms with Crippen molar-refractivity contribution in [1.29, 1.82) is 0 Å². The Balaban J connectivity index is 0.00000218. The van der Waals surface area contributed by atoms with E-state index in [0.29, 0.717) is 5.02 Å². The molecule has 1 radical (unpaired) electrons. The number of halogens is 1. The Hall–Kier alpha value is -3.05. The summed E-state index contributed by atoms with van der Waals surface area (Å²) in [5.74, 6) is 0.774. The number of anilines is 2. The molecule has 0 saturated heterocycles. The standard InChI is InChI=1S/C24H17ClN4.V/c25-20-12-6-4-10-18(20)23-15-17(14-22(27-23)16-8-2-1-3-9-16)26-24-19-11-5-7-13-21(19)28-29-24;/h1-15H,(H2,26,27,28,29);. The van der Waals surface area contributed by atoms with Gasteiger partial charge in [0.25, 0.3) is 0 Å². The fourth-order valence-corrected chi connectivity index (χ4v) is 3.59. The molecule has 0 aliphatic rings. The zero-order valence-corrected chi connectivity index (χ0v) is 18.0. The van der Waals surface area contributed by atoms with Gasteiger partial charge in [-0.25, -0.2) is 4.98 Å². The molecule has 0 atom stereocenters. The quantitative estimate of drug-likeness (QED) is 0.323. The van der Waals surface area contributed by atoms with Crippen LogP contribution in [0, 0.1) is 0 Å². The molecule has 3 aromatic carbocycles. The molecule has 145 valence electrons. The maximum Gasteiger partial charge on any atom is 0.160 e. The molecule has 0 unspecified atom stereocenters. The first-order valence-corrected chi connectivity index (χ1v) is 9.68. The smallest absolute Gasteiger partial charge is 0.160 e. The van der Waals surface area contributed by atoms with E-state index in [4.69, 9.17) is 16.6 Å². The molecule has 2 N–H and O–H groups in total. The number of H-pyrrole nitrogens is 1. The van der Waals surface area contributed by atoms with Crippen LogP contribution in [0.25, 0.3) is 33.4 Å². The number of benzene rings is 3. The van der Waals surface area contributed by atoms with Crippen LogP contribution in [0.15, 0.2) is 91.0 Å². The molecule has 0 saturated carbocycles. The van der Waals surface area contributed by atoms with Crippen LogP contribution in [0.1, 0.15) is 0 Å².